The van der Waals surface area contributed by atoms with Crippen LogP contribution in [0.1, 0.15) is 51.9 Å². The Hall–Kier alpha value is -1.06. The lowest BCUT2D eigenvalue weighted by atomic mass is 9.86. The quantitative estimate of drug-likeness (QED) is 0.727. The number of hydrogen-bond acceptors (Lipinski definition) is 3. The average Bonchev–Trinajstić information content (AvgIpc) is 2.89. The van der Waals surface area contributed by atoms with Crippen LogP contribution in [0.25, 0.3) is 0 Å². The van der Waals surface area contributed by atoms with Gasteiger partial charge in [0.1, 0.15) is 0 Å². The van der Waals surface area contributed by atoms with E-state index in [1.54, 1.807) is 0 Å². The monoisotopic (exact) mass is 263 g/mol. The molecule has 0 N–H and O–H groups in total. The predicted molar refractivity (Wildman–Crippen MR) is 76.0 cm³/mol. The van der Waals surface area contributed by atoms with Crippen molar-refractivity contribution < 1.29 is 4.79 Å². The molecule has 0 bridgehead atoms. The number of piperidine rings is 1. The van der Waals surface area contributed by atoms with E-state index >= 15 is 0 Å². The van der Waals surface area contributed by atoms with E-state index < -0.39 is 0 Å². The highest BCUT2D eigenvalue weighted by Crippen LogP contribution is 2.29. The van der Waals surface area contributed by atoms with Gasteiger partial charge in [-0.15, -0.1) is 0 Å². The highest BCUT2D eigenvalue weighted by Gasteiger charge is 2.34. The van der Waals surface area contributed by atoms with E-state index in [9.17, 15) is 4.79 Å². The fourth-order valence-corrected chi connectivity index (χ4v) is 3.61. The molecule has 2 fully saturated rings. The summed E-state index contributed by atoms with van der Waals surface area (Å²) < 4.78 is 0. The van der Waals surface area contributed by atoms with Gasteiger partial charge >= 0.3 is 0 Å². The maximum absolute atomic E-state index is 12.1. The first-order valence-electron chi connectivity index (χ1n) is 7.87. The normalized spacial score (nSPS) is 32.7. The second kappa shape index (κ2) is 5.51. The first-order valence-corrected chi connectivity index (χ1v) is 7.87. The SMILES string of the molecule is CC1CCC(N2CCN=C2N2CCCCC2=O)CC1. The molecule has 1 saturated carbocycles. The topological polar surface area (TPSA) is 35.9 Å². The van der Waals surface area contributed by atoms with Crippen molar-refractivity contribution in [2.45, 2.75) is 57.9 Å². The van der Waals surface area contributed by atoms with Crippen molar-refractivity contribution >= 4 is 11.9 Å². The summed E-state index contributed by atoms with van der Waals surface area (Å²) in [5.74, 6) is 2.14. The molecule has 4 nitrogen and oxygen atoms in total. The van der Waals surface area contributed by atoms with E-state index in [4.69, 9.17) is 0 Å². The highest BCUT2D eigenvalue weighted by atomic mass is 16.2. The molecule has 0 radical (unpaired) electrons. The van der Waals surface area contributed by atoms with E-state index in [1.807, 2.05) is 4.90 Å². The molecule has 0 unspecified atom stereocenters. The minimum Gasteiger partial charge on any atom is -0.338 e. The third kappa shape index (κ3) is 2.63. The maximum Gasteiger partial charge on any atom is 0.229 e. The molecule has 3 rings (SSSR count). The Morgan fingerprint density at radius 3 is 2.63 bits per heavy atom. The summed E-state index contributed by atoms with van der Waals surface area (Å²) in [5, 5.41) is 0. The van der Waals surface area contributed by atoms with Crippen molar-refractivity contribution in [1.82, 2.24) is 9.80 Å². The molecule has 1 aliphatic carbocycles. The van der Waals surface area contributed by atoms with Gasteiger partial charge in [0, 0.05) is 25.6 Å². The lowest BCUT2D eigenvalue weighted by molar-refractivity contribution is -0.129. The predicted octanol–water partition coefficient (Wildman–Crippen LogP) is 2.25. The minimum atomic E-state index is 0.279. The molecule has 2 heterocycles. The Balaban J connectivity index is 1.68. The molecule has 0 aromatic rings. The van der Waals surface area contributed by atoms with E-state index in [0.717, 1.165) is 44.4 Å². The number of guanidine groups is 1. The molecule has 0 atom stereocenters. The fourth-order valence-electron chi connectivity index (χ4n) is 3.61. The summed E-state index contributed by atoms with van der Waals surface area (Å²) >= 11 is 0. The molecule has 19 heavy (non-hydrogen) atoms. The lowest BCUT2D eigenvalue weighted by Gasteiger charge is -2.39. The van der Waals surface area contributed by atoms with Gasteiger partial charge in [-0.05, 0) is 44.4 Å². The van der Waals surface area contributed by atoms with E-state index in [-0.39, 0.29) is 5.91 Å². The molecule has 3 aliphatic rings. The summed E-state index contributed by atoms with van der Waals surface area (Å²) in [6.45, 7) is 5.10. The summed E-state index contributed by atoms with van der Waals surface area (Å²) in [4.78, 5) is 21.1. The van der Waals surface area contributed by atoms with Crippen molar-refractivity contribution in [3.63, 3.8) is 0 Å². The van der Waals surface area contributed by atoms with Crippen LogP contribution in [0.3, 0.4) is 0 Å². The van der Waals surface area contributed by atoms with Crippen LogP contribution in [-0.2, 0) is 4.79 Å². The first kappa shape index (κ1) is 12.9. The number of nitrogens with zero attached hydrogens (tertiary/aromatic N) is 3. The zero-order valence-electron chi connectivity index (χ0n) is 12.0. The molecule has 1 amide bonds. The Bertz CT molecular complexity index is 372. The van der Waals surface area contributed by atoms with Gasteiger partial charge in [-0.2, -0.15) is 0 Å². The molecular formula is C15H25N3O. The van der Waals surface area contributed by atoms with E-state index in [1.165, 1.54) is 25.7 Å². The molecule has 106 valence electrons. The van der Waals surface area contributed by atoms with Crippen LogP contribution >= 0.6 is 0 Å². The molecular weight excluding hydrogens is 238 g/mol. The van der Waals surface area contributed by atoms with Gasteiger partial charge in [-0.25, -0.2) is 0 Å². The minimum absolute atomic E-state index is 0.279. The molecule has 1 saturated heterocycles. The molecule has 0 aromatic heterocycles. The zero-order chi connectivity index (χ0) is 13.2. The van der Waals surface area contributed by atoms with Crippen LogP contribution in [0.15, 0.2) is 4.99 Å². The van der Waals surface area contributed by atoms with Crippen molar-refractivity contribution in [2.24, 2.45) is 10.9 Å². The van der Waals surface area contributed by atoms with Gasteiger partial charge in [0.15, 0.2) is 0 Å². The second-order valence-corrected chi connectivity index (χ2v) is 6.29. The van der Waals surface area contributed by atoms with Crippen molar-refractivity contribution in [1.29, 1.82) is 0 Å². The number of likely N-dealkylation sites (tertiary alicyclic amines) is 1. The van der Waals surface area contributed by atoms with Gasteiger partial charge in [0.25, 0.3) is 0 Å². The molecule has 0 aromatic carbocycles. The van der Waals surface area contributed by atoms with Crippen molar-refractivity contribution in [3.8, 4) is 0 Å². The van der Waals surface area contributed by atoms with Crippen LogP contribution in [0.4, 0.5) is 0 Å². The Morgan fingerprint density at radius 2 is 1.89 bits per heavy atom. The smallest absolute Gasteiger partial charge is 0.229 e. The van der Waals surface area contributed by atoms with Crippen LogP contribution < -0.4 is 0 Å². The van der Waals surface area contributed by atoms with Gasteiger partial charge < -0.3 is 4.90 Å². The lowest BCUT2D eigenvalue weighted by Crippen LogP contribution is -2.51. The number of hydrogen-bond donors (Lipinski definition) is 0. The largest absolute Gasteiger partial charge is 0.338 e. The summed E-state index contributed by atoms with van der Waals surface area (Å²) in [7, 11) is 0. The van der Waals surface area contributed by atoms with Gasteiger partial charge in [0.2, 0.25) is 11.9 Å². The maximum atomic E-state index is 12.1. The summed E-state index contributed by atoms with van der Waals surface area (Å²) in [5.41, 5.74) is 0. The van der Waals surface area contributed by atoms with E-state index in [2.05, 4.69) is 16.8 Å². The number of carbonyl (C=O) groups is 1. The Morgan fingerprint density at radius 1 is 1.11 bits per heavy atom. The number of aliphatic imine (C=N–C) groups is 1. The molecule has 2 aliphatic heterocycles. The molecule has 0 spiro atoms. The molecule has 4 heteroatoms. The van der Waals surface area contributed by atoms with Crippen molar-refractivity contribution in [2.75, 3.05) is 19.6 Å². The van der Waals surface area contributed by atoms with Crippen LogP contribution in [-0.4, -0.2) is 47.3 Å². The fraction of sp³-hybridized carbons (Fsp3) is 0.867. The zero-order valence-corrected chi connectivity index (χ0v) is 12.0. The highest BCUT2D eigenvalue weighted by molar-refractivity contribution is 5.98. The van der Waals surface area contributed by atoms with Crippen LogP contribution in [0, 0.1) is 5.92 Å². The summed E-state index contributed by atoms with van der Waals surface area (Å²) in [6, 6.07) is 0.618. The number of carbonyl (C=O) groups excluding carboxylic acids is 1. The average molecular weight is 263 g/mol. The third-order valence-corrected chi connectivity index (χ3v) is 4.84. The second-order valence-electron chi connectivity index (χ2n) is 6.29. The number of amides is 1. The first-order chi connectivity index (χ1) is 9.25. The summed E-state index contributed by atoms with van der Waals surface area (Å²) in [6.07, 6.45) is 8.05. The van der Waals surface area contributed by atoms with Crippen molar-refractivity contribution in [3.05, 3.63) is 0 Å². The standard InChI is InChI=1S/C15H25N3O/c1-12-5-7-13(8-6-12)17-11-9-16-15(17)18-10-3-2-4-14(18)19/h12-13H,2-11H2,1H3. The van der Waals surface area contributed by atoms with Gasteiger partial charge in [-0.3, -0.25) is 14.7 Å². The Labute approximate surface area is 115 Å². The van der Waals surface area contributed by atoms with Gasteiger partial charge in [-0.1, -0.05) is 6.92 Å². The Kier molecular flexibility index (Phi) is 3.76. The van der Waals surface area contributed by atoms with Gasteiger partial charge in [0.05, 0.1) is 6.54 Å². The van der Waals surface area contributed by atoms with Crippen LogP contribution in [0.2, 0.25) is 0 Å². The van der Waals surface area contributed by atoms with Crippen LogP contribution in [0.5, 0.6) is 0 Å². The van der Waals surface area contributed by atoms with E-state index in [0.29, 0.717) is 12.5 Å². The third-order valence-electron chi connectivity index (χ3n) is 4.84. The number of rotatable bonds is 1.